The number of hydrogen-bond donors (Lipinski definition) is 1. The van der Waals surface area contributed by atoms with Crippen LogP contribution in [0, 0.1) is 6.92 Å². The smallest absolute Gasteiger partial charge is 0.243 e. The topological polar surface area (TPSA) is 66.5 Å². The molecular weight excluding hydrogens is 419 g/mol. The Hall–Kier alpha value is -1.76. The Morgan fingerprint density at radius 3 is 2.36 bits per heavy atom. The molecule has 0 bridgehead atoms. The molecule has 1 atom stereocenters. The van der Waals surface area contributed by atoms with Crippen LogP contribution in [0.25, 0.3) is 0 Å². The number of sulfonamides is 1. The Morgan fingerprint density at radius 1 is 1.14 bits per heavy atom. The average Bonchev–Trinajstić information content (AvgIpc) is 2.62. The molecule has 28 heavy (non-hydrogen) atoms. The SMILES string of the molecule is Cc1ccc(N(C(C)C(=O)NCCCc2ccc(Cl)cc2)S(C)(=O)=O)cc1Cl. The van der Waals surface area contributed by atoms with E-state index in [1.807, 2.05) is 31.2 Å². The molecule has 2 aromatic rings. The third-order valence-electron chi connectivity index (χ3n) is 4.35. The number of carbonyl (C=O) groups excluding carboxylic acids is 1. The van der Waals surface area contributed by atoms with Gasteiger partial charge in [0.25, 0.3) is 0 Å². The summed E-state index contributed by atoms with van der Waals surface area (Å²) in [5, 5.41) is 3.94. The van der Waals surface area contributed by atoms with E-state index in [0.29, 0.717) is 22.3 Å². The van der Waals surface area contributed by atoms with Gasteiger partial charge in [-0.3, -0.25) is 9.10 Å². The van der Waals surface area contributed by atoms with Crippen LogP contribution < -0.4 is 9.62 Å². The van der Waals surface area contributed by atoms with Crippen molar-refractivity contribution in [3.8, 4) is 0 Å². The van der Waals surface area contributed by atoms with Crippen molar-refractivity contribution in [2.24, 2.45) is 0 Å². The van der Waals surface area contributed by atoms with Gasteiger partial charge in [-0.2, -0.15) is 0 Å². The summed E-state index contributed by atoms with van der Waals surface area (Å²) in [6.07, 6.45) is 2.59. The largest absolute Gasteiger partial charge is 0.354 e. The van der Waals surface area contributed by atoms with Gasteiger partial charge in [0.15, 0.2) is 0 Å². The van der Waals surface area contributed by atoms with Gasteiger partial charge in [-0.1, -0.05) is 41.4 Å². The zero-order valence-electron chi connectivity index (χ0n) is 16.1. The quantitative estimate of drug-likeness (QED) is 0.622. The number of amides is 1. The van der Waals surface area contributed by atoms with Gasteiger partial charge in [-0.15, -0.1) is 0 Å². The molecule has 2 rings (SSSR count). The van der Waals surface area contributed by atoms with Crippen molar-refractivity contribution < 1.29 is 13.2 Å². The summed E-state index contributed by atoms with van der Waals surface area (Å²) in [5.74, 6) is -0.363. The fraction of sp³-hybridized carbons (Fsp3) is 0.350. The Bertz CT molecular complexity index is 931. The molecule has 1 amide bonds. The van der Waals surface area contributed by atoms with Crippen molar-refractivity contribution in [3.05, 3.63) is 63.6 Å². The zero-order chi connectivity index (χ0) is 20.9. The van der Waals surface area contributed by atoms with Gasteiger partial charge in [0.2, 0.25) is 15.9 Å². The van der Waals surface area contributed by atoms with Gasteiger partial charge in [0.05, 0.1) is 11.9 Å². The Balaban J connectivity index is 2.01. The van der Waals surface area contributed by atoms with Crippen molar-refractivity contribution >= 4 is 44.8 Å². The van der Waals surface area contributed by atoms with Crippen molar-refractivity contribution in [3.63, 3.8) is 0 Å². The summed E-state index contributed by atoms with van der Waals surface area (Å²) in [6.45, 7) is 3.83. The summed E-state index contributed by atoms with van der Waals surface area (Å²) >= 11 is 12.0. The van der Waals surface area contributed by atoms with Crippen molar-refractivity contribution in [2.75, 3.05) is 17.1 Å². The number of nitrogens with zero attached hydrogens (tertiary/aromatic N) is 1. The normalized spacial score (nSPS) is 12.5. The molecular formula is C20H24Cl2N2O3S. The Kier molecular flexibility index (Phi) is 7.75. The van der Waals surface area contributed by atoms with E-state index in [0.717, 1.165) is 34.5 Å². The van der Waals surface area contributed by atoms with Crippen LogP contribution in [-0.2, 0) is 21.2 Å². The van der Waals surface area contributed by atoms with Crippen LogP contribution in [0.15, 0.2) is 42.5 Å². The molecule has 0 aliphatic carbocycles. The highest BCUT2D eigenvalue weighted by Crippen LogP contribution is 2.26. The van der Waals surface area contributed by atoms with Gasteiger partial charge >= 0.3 is 0 Å². The number of rotatable bonds is 8. The van der Waals surface area contributed by atoms with Crippen LogP contribution >= 0.6 is 23.2 Å². The second-order valence-electron chi connectivity index (χ2n) is 6.69. The lowest BCUT2D eigenvalue weighted by Crippen LogP contribution is -2.48. The number of benzene rings is 2. The minimum absolute atomic E-state index is 0.363. The maximum absolute atomic E-state index is 12.5. The molecule has 8 heteroatoms. The van der Waals surface area contributed by atoms with E-state index in [4.69, 9.17) is 23.2 Å². The Morgan fingerprint density at radius 2 is 1.79 bits per heavy atom. The second-order valence-corrected chi connectivity index (χ2v) is 9.39. The number of hydrogen-bond acceptors (Lipinski definition) is 3. The third kappa shape index (κ3) is 6.12. The first kappa shape index (κ1) is 22.5. The number of nitrogens with one attached hydrogen (secondary N) is 1. The van der Waals surface area contributed by atoms with Crippen molar-refractivity contribution in [2.45, 2.75) is 32.7 Å². The molecule has 0 aromatic heterocycles. The van der Waals surface area contributed by atoms with Gasteiger partial charge < -0.3 is 5.32 Å². The first-order valence-electron chi connectivity index (χ1n) is 8.87. The Labute approximate surface area is 176 Å². The molecule has 0 aliphatic rings. The van der Waals surface area contributed by atoms with E-state index in [1.54, 1.807) is 25.1 Å². The lowest BCUT2D eigenvalue weighted by molar-refractivity contribution is -0.121. The second kappa shape index (κ2) is 9.63. The van der Waals surface area contributed by atoms with E-state index < -0.39 is 16.1 Å². The van der Waals surface area contributed by atoms with E-state index in [9.17, 15) is 13.2 Å². The first-order chi connectivity index (χ1) is 13.1. The molecule has 0 aliphatic heterocycles. The van der Waals surface area contributed by atoms with Crippen LogP contribution in [0.2, 0.25) is 10.0 Å². The minimum atomic E-state index is -3.67. The van der Waals surface area contributed by atoms with Gasteiger partial charge in [0.1, 0.15) is 6.04 Å². The fourth-order valence-corrected chi connectivity index (χ4v) is 4.30. The van der Waals surface area contributed by atoms with Crippen molar-refractivity contribution in [1.82, 2.24) is 5.32 Å². The van der Waals surface area contributed by atoms with E-state index in [2.05, 4.69) is 5.32 Å². The summed E-state index contributed by atoms with van der Waals surface area (Å²) in [6, 6.07) is 11.6. The van der Waals surface area contributed by atoms with Gasteiger partial charge in [-0.05, 0) is 62.1 Å². The predicted molar refractivity (Wildman–Crippen MR) is 116 cm³/mol. The van der Waals surface area contributed by atoms with Gasteiger partial charge in [0, 0.05) is 16.6 Å². The molecule has 1 unspecified atom stereocenters. The molecule has 5 nitrogen and oxygen atoms in total. The monoisotopic (exact) mass is 442 g/mol. The lowest BCUT2D eigenvalue weighted by Gasteiger charge is -2.28. The fourth-order valence-electron chi connectivity index (χ4n) is 2.83. The summed E-state index contributed by atoms with van der Waals surface area (Å²) < 4.78 is 25.7. The highest BCUT2D eigenvalue weighted by Gasteiger charge is 2.29. The van der Waals surface area contributed by atoms with Crippen LogP contribution in [0.4, 0.5) is 5.69 Å². The maximum Gasteiger partial charge on any atom is 0.243 e. The molecule has 2 aromatic carbocycles. The highest BCUT2D eigenvalue weighted by atomic mass is 35.5. The molecule has 1 N–H and O–H groups in total. The molecule has 0 heterocycles. The molecule has 0 spiro atoms. The summed E-state index contributed by atoms with van der Waals surface area (Å²) in [5.41, 5.74) is 2.32. The van der Waals surface area contributed by atoms with Crippen LogP contribution in [0.3, 0.4) is 0 Å². The molecule has 0 radical (unpaired) electrons. The van der Waals surface area contributed by atoms with Gasteiger partial charge in [-0.25, -0.2) is 8.42 Å². The maximum atomic E-state index is 12.5. The minimum Gasteiger partial charge on any atom is -0.354 e. The molecule has 0 fully saturated rings. The number of carbonyl (C=O) groups is 1. The standard InChI is InChI=1S/C20H24Cl2N2O3S/c1-14-6-11-18(13-19(14)22)24(28(3,26)27)15(2)20(25)23-12-4-5-16-7-9-17(21)10-8-16/h6-11,13,15H,4-5,12H2,1-3H3,(H,23,25). The molecule has 152 valence electrons. The van der Waals surface area contributed by atoms with E-state index >= 15 is 0 Å². The first-order valence-corrected chi connectivity index (χ1v) is 11.5. The van der Waals surface area contributed by atoms with E-state index in [1.165, 1.54) is 0 Å². The average molecular weight is 443 g/mol. The zero-order valence-corrected chi connectivity index (χ0v) is 18.4. The summed E-state index contributed by atoms with van der Waals surface area (Å²) in [7, 11) is -3.67. The predicted octanol–water partition coefficient (Wildman–Crippen LogP) is 4.21. The van der Waals surface area contributed by atoms with Crippen molar-refractivity contribution in [1.29, 1.82) is 0 Å². The van der Waals surface area contributed by atoms with E-state index in [-0.39, 0.29) is 5.91 Å². The molecule has 0 saturated heterocycles. The summed E-state index contributed by atoms with van der Waals surface area (Å²) in [4.78, 5) is 12.5. The molecule has 0 saturated carbocycles. The van der Waals surface area contributed by atoms with Crippen LogP contribution in [-0.4, -0.2) is 33.2 Å². The van der Waals surface area contributed by atoms with Crippen LogP contribution in [0.1, 0.15) is 24.5 Å². The number of anilines is 1. The van der Waals surface area contributed by atoms with Crippen LogP contribution in [0.5, 0.6) is 0 Å². The highest BCUT2D eigenvalue weighted by molar-refractivity contribution is 7.92. The third-order valence-corrected chi connectivity index (χ3v) is 6.25. The lowest BCUT2D eigenvalue weighted by atomic mass is 10.1. The number of aryl methyl sites for hydroxylation is 2. The number of halogens is 2.